The first-order valence-electron chi connectivity index (χ1n) is 10.00. The van der Waals surface area contributed by atoms with Crippen LogP contribution in [0.2, 0.25) is 0 Å². The summed E-state index contributed by atoms with van der Waals surface area (Å²) in [6.45, 7) is 12.3. The number of hydrogen-bond donors (Lipinski definition) is 0. The van der Waals surface area contributed by atoms with Crippen LogP contribution in [0, 0.1) is 0 Å². The van der Waals surface area contributed by atoms with Crippen LogP contribution >= 0.6 is 11.8 Å². The minimum Gasteiger partial charge on any atom is -0.354 e. The molecule has 1 aliphatic heterocycles. The molecule has 0 amide bonds. The van der Waals surface area contributed by atoms with E-state index in [9.17, 15) is 8.42 Å². The van der Waals surface area contributed by atoms with Crippen LogP contribution < -0.4 is 8.72 Å². The molecule has 1 aromatic carbocycles. The highest BCUT2D eigenvalue weighted by Crippen LogP contribution is 2.28. The predicted octanol–water partition coefficient (Wildman–Crippen LogP) is 4.08. The third-order valence-electron chi connectivity index (χ3n) is 5.49. The average molecular weight is 437 g/mol. The molecular formula is C21H29ClN4O2S. The van der Waals surface area contributed by atoms with Crippen molar-refractivity contribution >= 4 is 33.3 Å². The van der Waals surface area contributed by atoms with Gasteiger partial charge >= 0.3 is 0 Å². The molecule has 158 valence electrons. The number of likely N-dealkylation sites (N-methyl/N-ethyl adjacent to an activating group) is 1. The lowest BCUT2D eigenvalue weighted by Gasteiger charge is -2.39. The Labute approximate surface area is 179 Å². The highest BCUT2D eigenvalue weighted by atomic mass is 35.5. The van der Waals surface area contributed by atoms with Gasteiger partial charge in [0.1, 0.15) is 5.82 Å². The van der Waals surface area contributed by atoms with Crippen molar-refractivity contribution in [3.8, 4) is 0 Å². The van der Waals surface area contributed by atoms with Crippen LogP contribution in [-0.2, 0) is 10.0 Å². The molecule has 1 aliphatic rings. The van der Waals surface area contributed by atoms with Gasteiger partial charge in [-0.25, -0.2) is 4.98 Å². The van der Waals surface area contributed by atoms with Gasteiger partial charge in [0.25, 0.3) is 10.0 Å². The normalized spacial score (nSPS) is 18.3. The van der Waals surface area contributed by atoms with E-state index in [1.165, 1.54) is 6.20 Å². The summed E-state index contributed by atoms with van der Waals surface area (Å²) in [6, 6.07) is 10.8. The van der Waals surface area contributed by atoms with E-state index in [-0.39, 0.29) is 4.90 Å². The maximum absolute atomic E-state index is 12.9. The molecule has 6 nitrogen and oxygen atoms in total. The molecule has 1 aromatic heterocycles. The smallest absolute Gasteiger partial charge is 0.278 e. The van der Waals surface area contributed by atoms with Crippen molar-refractivity contribution in [1.29, 1.82) is 0 Å². The second-order valence-corrected chi connectivity index (χ2v) is 10.1. The summed E-state index contributed by atoms with van der Waals surface area (Å²) in [5.41, 5.74) is 1.40. The fraction of sp³-hybridized carbons (Fsp3) is 0.476. The van der Waals surface area contributed by atoms with Gasteiger partial charge in [-0.2, -0.15) is 12.2 Å². The zero-order valence-corrected chi connectivity index (χ0v) is 19.0. The van der Waals surface area contributed by atoms with Crippen molar-refractivity contribution in [2.75, 3.05) is 34.9 Å². The Hall–Kier alpha value is -1.83. The molecular weight excluding hydrogens is 408 g/mol. The lowest BCUT2D eigenvalue weighted by atomic mass is 10.0. The molecule has 0 N–H and O–H groups in total. The molecule has 0 aliphatic carbocycles. The van der Waals surface area contributed by atoms with Gasteiger partial charge in [0.2, 0.25) is 0 Å². The molecule has 2 heterocycles. The Morgan fingerprint density at radius 3 is 2.38 bits per heavy atom. The fourth-order valence-corrected chi connectivity index (χ4v) is 4.99. The molecule has 1 fully saturated rings. The van der Waals surface area contributed by atoms with Gasteiger partial charge in [0.15, 0.2) is 0 Å². The number of aromatic nitrogens is 1. The molecule has 0 radical (unpaired) electrons. The summed E-state index contributed by atoms with van der Waals surface area (Å²) in [5.74, 6) is 1.16. The summed E-state index contributed by atoms with van der Waals surface area (Å²) < 4.78 is 26.5. The molecule has 0 saturated carbocycles. The van der Waals surface area contributed by atoms with E-state index < -0.39 is 10.0 Å². The van der Waals surface area contributed by atoms with E-state index in [0.717, 1.165) is 41.4 Å². The largest absolute Gasteiger partial charge is 0.354 e. The first-order chi connectivity index (χ1) is 13.7. The topological polar surface area (TPSA) is 56.8 Å². The van der Waals surface area contributed by atoms with E-state index in [4.69, 9.17) is 11.8 Å². The first-order valence-corrected chi connectivity index (χ1v) is 11.8. The minimum atomic E-state index is -3.85. The second-order valence-electron chi connectivity index (χ2n) is 7.74. The van der Waals surface area contributed by atoms with Crippen LogP contribution in [0.25, 0.3) is 0 Å². The summed E-state index contributed by atoms with van der Waals surface area (Å²) in [4.78, 5) is 9.28. The van der Waals surface area contributed by atoms with Crippen molar-refractivity contribution in [3.63, 3.8) is 0 Å². The molecule has 0 spiro atoms. The number of anilines is 2. The molecule has 3 rings (SSSR count). The quantitative estimate of drug-likeness (QED) is 0.638. The SMILES string of the molecule is CCN1CCN(c2ccc(N(Cl)S(=O)(=O)c3ccc(C(C)C)cc3)cn2)C[C@@H]1C. The van der Waals surface area contributed by atoms with E-state index in [2.05, 4.69) is 42.5 Å². The molecule has 1 saturated heterocycles. The monoisotopic (exact) mass is 436 g/mol. The van der Waals surface area contributed by atoms with Crippen molar-refractivity contribution in [2.24, 2.45) is 0 Å². The maximum atomic E-state index is 12.9. The molecule has 1 atom stereocenters. The number of halogens is 1. The minimum absolute atomic E-state index is 0.158. The fourth-order valence-electron chi connectivity index (χ4n) is 3.60. The number of hydrogen-bond acceptors (Lipinski definition) is 5. The van der Waals surface area contributed by atoms with Crippen LogP contribution in [0.3, 0.4) is 0 Å². The Bertz CT molecular complexity index is 917. The second kappa shape index (κ2) is 8.90. The van der Waals surface area contributed by atoms with Crippen molar-refractivity contribution in [3.05, 3.63) is 48.2 Å². The first kappa shape index (κ1) is 21.9. The van der Waals surface area contributed by atoms with E-state index in [0.29, 0.717) is 17.6 Å². The number of benzene rings is 1. The lowest BCUT2D eigenvalue weighted by Crippen LogP contribution is -2.51. The number of piperazine rings is 1. The van der Waals surface area contributed by atoms with Crippen molar-refractivity contribution in [1.82, 2.24) is 9.88 Å². The Balaban J connectivity index is 1.75. The number of sulfonamides is 1. The number of rotatable bonds is 6. The summed E-state index contributed by atoms with van der Waals surface area (Å²) in [6.07, 6.45) is 1.51. The number of nitrogens with zero attached hydrogens (tertiary/aromatic N) is 4. The maximum Gasteiger partial charge on any atom is 0.278 e. The van der Waals surface area contributed by atoms with E-state index in [1.54, 1.807) is 18.2 Å². The van der Waals surface area contributed by atoms with Crippen LogP contribution in [0.4, 0.5) is 11.5 Å². The Morgan fingerprint density at radius 1 is 1.17 bits per heavy atom. The zero-order valence-electron chi connectivity index (χ0n) is 17.4. The third-order valence-corrected chi connectivity index (χ3v) is 7.73. The third kappa shape index (κ3) is 4.68. The molecule has 0 unspecified atom stereocenters. The van der Waals surface area contributed by atoms with Gasteiger partial charge in [-0.3, -0.25) is 4.90 Å². The van der Waals surface area contributed by atoms with Gasteiger partial charge < -0.3 is 4.90 Å². The van der Waals surface area contributed by atoms with Crippen molar-refractivity contribution in [2.45, 2.75) is 44.6 Å². The Kier molecular flexibility index (Phi) is 6.71. The van der Waals surface area contributed by atoms with E-state index >= 15 is 0 Å². The van der Waals surface area contributed by atoms with Crippen molar-refractivity contribution < 1.29 is 8.42 Å². The molecule has 2 aromatic rings. The predicted molar refractivity (Wildman–Crippen MR) is 119 cm³/mol. The van der Waals surface area contributed by atoms with Gasteiger partial charge in [0.05, 0.1) is 16.8 Å². The lowest BCUT2D eigenvalue weighted by molar-refractivity contribution is 0.199. The average Bonchev–Trinajstić information content (AvgIpc) is 2.73. The Morgan fingerprint density at radius 2 is 1.86 bits per heavy atom. The highest BCUT2D eigenvalue weighted by Gasteiger charge is 2.26. The van der Waals surface area contributed by atoms with Crippen LogP contribution in [0.5, 0.6) is 0 Å². The molecule has 8 heteroatoms. The van der Waals surface area contributed by atoms with Gasteiger partial charge in [-0.15, -0.1) is 0 Å². The van der Waals surface area contributed by atoms with Crippen LogP contribution in [-0.4, -0.2) is 50.5 Å². The summed E-state index contributed by atoms with van der Waals surface area (Å²) in [7, 11) is -3.85. The molecule has 0 bridgehead atoms. The van der Waals surface area contributed by atoms with Crippen LogP contribution in [0.1, 0.15) is 39.2 Å². The number of pyridine rings is 1. The van der Waals surface area contributed by atoms with Gasteiger partial charge in [-0.05, 0) is 49.2 Å². The van der Waals surface area contributed by atoms with Gasteiger partial charge in [-0.1, -0.05) is 32.9 Å². The standard InChI is InChI=1S/C21H29ClN4O2S/c1-5-24-12-13-25(15-17(24)4)21-11-8-19(14-23-21)26(22)29(27,28)20-9-6-18(7-10-20)16(2)3/h6-11,14,16-17H,5,12-13,15H2,1-4H3/t17-/m0/s1. The van der Waals surface area contributed by atoms with Gasteiger partial charge in [0, 0.05) is 37.5 Å². The summed E-state index contributed by atoms with van der Waals surface area (Å²) >= 11 is 6.22. The van der Waals surface area contributed by atoms with E-state index in [1.807, 2.05) is 18.2 Å². The highest BCUT2D eigenvalue weighted by molar-refractivity contribution is 7.94. The summed E-state index contributed by atoms with van der Waals surface area (Å²) in [5, 5.41) is 0. The molecule has 29 heavy (non-hydrogen) atoms. The van der Waals surface area contributed by atoms with Crippen LogP contribution in [0.15, 0.2) is 47.5 Å². The zero-order chi connectivity index (χ0) is 21.2.